The summed E-state index contributed by atoms with van der Waals surface area (Å²) in [5.74, 6) is 0. The largest absolute Gasteiger partial charge is 0.158 e. The fraction of sp³-hybridized carbons (Fsp3) is 0.200. The molecule has 2 heteroatoms. The van der Waals surface area contributed by atoms with Crippen molar-refractivity contribution in [2.24, 2.45) is 0 Å². The van der Waals surface area contributed by atoms with Gasteiger partial charge < -0.3 is 0 Å². The predicted octanol–water partition coefficient (Wildman–Crippen LogP) is 2.25. The highest BCUT2D eigenvalue weighted by molar-refractivity contribution is 5.83. The predicted molar refractivity (Wildman–Crippen MR) is 49.0 cm³/mol. The van der Waals surface area contributed by atoms with E-state index in [9.17, 15) is 0 Å². The second kappa shape index (κ2) is 2.55. The lowest BCUT2D eigenvalue weighted by atomic mass is 10.1. The van der Waals surface area contributed by atoms with E-state index in [2.05, 4.69) is 35.3 Å². The van der Waals surface area contributed by atoms with Crippen LogP contribution < -0.4 is 0 Å². The molecule has 0 N–H and O–H groups in total. The van der Waals surface area contributed by atoms with Crippen LogP contribution in [0.3, 0.4) is 0 Å². The molecule has 1 aromatic carbocycles. The van der Waals surface area contributed by atoms with Crippen molar-refractivity contribution in [3.8, 4) is 0 Å². The second-order valence-corrected chi connectivity index (χ2v) is 3.02. The van der Waals surface area contributed by atoms with Crippen molar-refractivity contribution in [2.45, 2.75) is 13.8 Å². The van der Waals surface area contributed by atoms with Crippen LogP contribution in [0.5, 0.6) is 0 Å². The maximum Gasteiger partial charge on any atom is 0.0678 e. The summed E-state index contributed by atoms with van der Waals surface area (Å²) in [5, 5.41) is 10.2. The minimum Gasteiger partial charge on any atom is -0.158 e. The van der Waals surface area contributed by atoms with E-state index in [0.717, 1.165) is 5.69 Å². The normalized spacial score (nSPS) is 10.5. The molecule has 60 valence electrons. The van der Waals surface area contributed by atoms with Crippen LogP contribution in [0, 0.1) is 13.8 Å². The molecule has 2 nitrogen and oxygen atoms in total. The number of hydrogen-bond donors (Lipinski definition) is 0. The summed E-state index contributed by atoms with van der Waals surface area (Å²) >= 11 is 0. The van der Waals surface area contributed by atoms with Gasteiger partial charge in [-0.25, -0.2) is 0 Å². The Hall–Kier alpha value is -1.44. The number of hydrogen-bond acceptors (Lipinski definition) is 2. The molecule has 0 fully saturated rings. The van der Waals surface area contributed by atoms with Gasteiger partial charge in [0.15, 0.2) is 0 Å². The van der Waals surface area contributed by atoms with Crippen molar-refractivity contribution in [3.05, 3.63) is 35.7 Å². The van der Waals surface area contributed by atoms with Crippen LogP contribution in [-0.2, 0) is 0 Å². The van der Waals surface area contributed by atoms with Crippen molar-refractivity contribution >= 4 is 10.8 Å². The van der Waals surface area contributed by atoms with Crippen LogP contribution in [0.1, 0.15) is 11.3 Å². The van der Waals surface area contributed by atoms with E-state index in [1.54, 1.807) is 6.20 Å². The van der Waals surface area contributed by atoms with E-state index < -0.39 is 0 Å². The Bertz CT molecular complexity index is 421. The van der Waals surface area contributed by atoms with E-state index in [-0.39, 0.29) is 0 Å². The van der Waals surface area contributed by atoms with E-state index >= 15 is 0 Å². The highest BCUT2D eigenvalue weighted by Crippen LogP contribution is 2.15. The summed E-state index contributed by atoms with van der Waals surface area (Å²) in [6, 6.07) is 6.31. The van der Waals surface area contributed by atoms with Gasteiger partial charge in [0, 0.05) is 10.8 Å². The molecule has 1 heterocycles. The molecule has 0 radical (unpaired) electrons. The number of benzene rings is 1. The second-order valence-electron chi connectivity index (χ2n) is 3.02. The Labute approximate surface area is 71.3 Å². The van der Waals surface area contributed by atoms with Crippen molar-refractivity contribution in [1.29, 1.82) is 0 Å². The topological polar surface area (TPSA) is 25.8 Å². The Morgan fingerprint density at radius 3 is 2.83 bits per heavy atom. The van der Waals surface area contributed by atoms with Crippen molar-refractivity contribution in [1.82, 2.24) is 10.2 Å². The average molecular weight is 158 g/mol. The zero-order valence-corrected chi connectivity index (χ0v) is 7.20. The molecule has 0 spiro atoms. The summed E-state index contributed by atoms with van der Waals surface area (Å²) in [5.41, 5.74) is 2.25. The molecule has 2 aromatic rings. The molecule has 2 rings (SSSR count). The molecule has 12 heavy (non-hydrogen) atoms. The monoisotopic (exact) mass is 158 g/mol. The minimum absolute atomic E-state index is 0.993. The molecule has 0 atom stereocenters. The number of fused-ring (bicyclic) bond motifs is 1. The van der Waals surface area contributed by atoms with Gasteiger partial charge in [-0.1, -0.05) is 17.7 Å². The lowest BCUT2D eigenvalue weighted by Crippen LogP contribution is -1.87. The average Bonchev–Trinajstić information content (AvgIpc) is 2.04. The SMILES string of the molecule is Cc1ccc2c(C)nncc2c1. The third kappa shape index (κ3) is 1.05. The van der Waals surface area contributed by atoms with Crippen molar-refractivity contribution in [3.63, 3.8) is 0 Å². The molecule has 0 unspecified atom stereocenters. The zero-order valence-electron chi connectivity index (χ0n) is 7.20. The van der Waals surface area contributed by atoms with Gasteiger partial charge >= 0.3 is 0 Å². The fourth-order valence-corrected chi connectivity index (χ4v) is 1.35. The van der Waals surface area contributed by atoms with Crippen LogP contribution in [0.2, 0.25) is 0 Å². The number of aryl methyl sites for hydroxylation is 2. The molecule has 0 amide bonds. The van der Waals surface area contributed by atoms with Gasteiger partial charge in [-0.15, -0.1) is 0 Å². The molecular formula is C10H10N2. The highest BCUT2D eigenvalue weighted by Gasteiger charge is 1.97. The Morgan fingerprint density at radius 1 is 1.17 bits per heavy atom. The maximum absolute atomic E-state index is 3.99. The van der Waals surface area contributed by atoms with Gasteiger partial charge in [0.1, 0.15) is 0 Å². The van der Waals surface area contributed by atoms with Crippen molar-refractivity contribution < 1.29 is 0 Å². The smallest absolute Gasteiger partial charge is 0.0678 e. The van der Waals surface area contributed by atoms with Crippen molar-refractivity contribution in [2.75, 3.05) is 0 Å². The standard InChI is InChI=1S/C10H10N2/c1-7-3-4-10-8(2)12-11-6-9(10)5-7/h3-6H,1-2H3. The quantitative estimate of drug-likeness (QED) is 0.587. The van der Waals surface area contributed by atoms with E-state index in [1.807, 2.05) is 6.92 Å². The van der Waals surface area contributed by atoms with Gasteiger partial charge in [0.25, 0.3) is 0 Å². The third-order valence-electron chi connectivity index (χ3n) is 2.00. The summed E-state index contributed by atoms with van der Waals surface area (Å²) in [7, 11) is 0. The molecule has 0 aliphatic rings. The summed E-state index contributed by atoms with van der Waals surface area (Å²) in [6.45, 7) is 4.06. The Balaban J connectivity index is 2.86. The van der Waals surface area contributed by atoms with Crippen LogP contribution in [0.15, 0.2) is 24.4 Å². The van der Waals surface area contributed by atoms with Gasteiger partial charge in [-0.05, 0) is 19.9 Å². The van der Waals surface area contributed by atoms with Crippen LogP contribution in [-0.4, -0.2) is 10.2 Å². The third-order valence-corrected chi connectivity index (χ3v) is 2.00. The first-order valence-electron chi connectivity index (χ1n) is 3.96. The minimum atomic E-state index is 0.993. The van der Waals surface area contributed by atoms with Crippen LogP contribution in [0.25, 0.3) is 10.8 Å². The van der Waals surface area contributed by atoms with E-state index in [0.29, 0.717) is 0 Å². The molecule has 0 aliphatic heterocycles. The first kappa shape index (κ1) is 7.22. The fourth-order valence-electron chi connectivity index (χ4n) is 1.35. The number of nitrogens with zero attached hydrogens (tertiary/aromatic N) is 2. The van der Waals surface area contributed by atoms with Gasteiger partial charge in [-0.3, -0.25) is 0 Å². The van der Waals surface area contributed by atoms with Gasteiger partial charge in [-0.2, -0.15) is 10.2 Å². The number of aromatic nitrogens is 2. The molecule has 0 saturated carbocycles. The molecule has 1 aromatic heterocycles. The van der Waals surface area contributed by atoms with Gasteiger partial charge in [0.2, 0.25) is 0 Å². The van der Waals surface area contributed by atoms with E-state index in [1.165, 1.54) is 16.3 Å². The summed E-state index contributed by atoms with van der Waals surface area (Å²) in [4.78, 5) is 0. The number of rotatable bonds is 0. The van der Waals surface area contributed by atoms with Gasteiger partial charge in [0.05, 0.1) is 11.9 Å². The van der Waals surface area contributed by atoms with Crippen LogP contribution in [0.4, 0.5) is 0 Å². The van der Waals surface area contributed by atoms with Crippen LogP contribution >= 0.6 is 0 Å². The molecule has 0 aliphatic carbocycles. The first-order chi connectivity index (χ1) is 5.77. The summed E-state index contributed by atoms with van der Waals surface area (Å²) in [6.07, 6.45) is 1.80. The maximum atomic E-state index is 3.99. The highest BCUT2D eigenvalue weighted by atomic mass is 15.1. The zero-order chi connectivity index (χ0) is 8.55. The molecule has 0 bridgehead atoms. The molecule has 0 saturated heterocycles. The first-order valence-corrected chi connectivity index (χ1v) is 3.96. The van der Waals surface area contributed by atoms with E-state index in [4.69, 9.17) is 0 Å². The summed E-state index contributed by atoms with van der Waals surface area (Å²) < 4.78 is 0. The molecular weight excluding hydrogens is 148 g/mol. The Kier molecular flexibility index (Phi) is 1.54. The lowest BCUT2D eigenvalue weighted by Gasteiger charge is -1.99. The lowest BCUT2D eigenvalue weighted by molar-refractivity contribution is 1.00. The Morgan fingerprint density at radius 2 is 2.00 bits per heavy atom.